The van der Waals surface area contributed by atoms with Gasteiger partial charge in [-0.2, -0.15) is 0 Å². The maximum atomic E-state index is 13.8. The van der Waals surface area contributed by atoms with Crippen LogP contribution in [0.5, 0.6) is 5.75 Å². The van der Waals surface area contributed by atoms with Crippen molar-refractivity contribution in [3.63, 3.8) is 0 Å². The van der Waals surface area contributed by atoms with Crippen molar-refractivity contribution in [2.75, 3.05) is 0 Å². The van der Waals surface area contributed by atoms with Crippen molar-refractivity contribution in [3.05, 3.63) is 80.8 Å². The molecule has 7 nitrogen and oxygen atoms in total. The molecule has 146 valence electrons. The van der Waals surface area contributed by atoms with Gasteiger partial charge in [0, 0.05) is 30.1 Å². The van der Waals surface area contributed by atoms with Gasteiger partial charge in [-0.25, -0.2) is 18.7 Å². The van der Waals surface area contributed by atoms with E-state index in [0.29, 0.717) is 29.2 Å². The molecule has 0 radical (unpaired) electrons. The average Bonchev–Trinajstić information content (AvgIpc) is 2.56. The van der Waals surface area contributed by atoms with Crippen LogP contribution in [0, 0.1) is 25.5 Å². The SMILES string of the molecule is Cc1cnc(Cl)cc1-n1c(C)cc(OC(O)(O)c2ncc(F)cc2F)cc1=O. The first-order valence-electron chi connectivity index (χ1n) is 7.90. The van der Waals surface area contributed by atoms with Crippen LogP contribution in [0.1, 0.15) is 17.0 Å². The number of hydrogen-bond acceptors (Lipinski definition) is 6. The quantitative estimate of drug-likeness (QED) is 0.507. The van der Waals surface area contributed by atoms with Crippen molar-refractivity contribution in [2.45, 2.75) is 19.8 Å². The van der Waals surface area contributed by atoms with E-state index in [9.17, 15) is 23.8 Å². The first-order valence-corrected chi connectivity index (χ1v) is 8.28. The number of halogens is 3. The molecule has 0 fully saturated rings. The minimum Gasteiger partial charge on any atom is -0.434 e. The summed E-state index contributed by atoms with van der Waals surface area (Å²) in [4.78, 5) is 19.8. The predicted molar refractivity (Wildman–Crippen MR) is 95.2 cm³/mol. The van der Waals surface area contributed by atoms with Crippen molar-refractivity contribution in [3.8, 4) is 11.4 Å². The summed E-state index contributed by atoms with van der Waals surface area (Å²) in [5.41, 5.74) is 0.0199. The molecule has 0 saturated carbocycles. The Hall–Kier alpha value is -2.88. The van der Waals surface area contributed by atoms with Crippen LogP contribution in [0.4, 0.5) is 8.78 Å². The van der Waals surface area contributed by atoms with E-state index in [0.717, 1.165) is 6.07 Å². The highest BCUT2D eigenvalue weighted by atomic mass is 35.5. The maximum absolute atomic E-state index is 13.8. The van der Waals surface area contributed by atoms with E-state index in [4.69, 9.17) is 16.3 Å². The molecule has 3 aromatic rings. The Morgan fingerprint density at radius 1 is 1.11 bits per heavy atom. The van der Waals surface area contributed by atoms with Gasteiger partial charge in [0.25, 0.3) is 5.56 Å². The average molecular weight is 410 g/mol. The van der Waals surface area contributed by atoms with Crippen molar-refractivity contribution in [2.24, 2.45) is 0 Å². The van der Waals surface area contributed by atoms with Gasteiger partial charge in [-0.3, -0.25) is 9.36 Å². The second kappa shape index (κ2) is 7.27. The summed E-state index contributed by atoms with van der Waals surface area (Å²) in [6.07, 6.45) is 2.10. The Labute approximate surface area is 162 Å². The number of aliphatic hydroxyl groups is 2. The number of pyridine rings is 3. The van der Waals surface area contributed by atoms with Crippen LogP contribution in [0.25, 0.3) is 5.69 Å². The van der Waals surface area contributed by atoms with Crippen molar-refractivity contribution in [1.82, 2.24) is 14.5 Å². The minimum atomic E-state index is -3.22. The summed E-state index contributed by atoms with van der Waals surface area (Å²) in [5, 5.41) is 20.3. The Kier molecular flexibility index (Phi) is 5.16. The highest BCUT2D eigenvalue weighted by Crippen LogP contribution is 2.25. The van der Waals surface area contributed by atoms with Gasteiger partial charge in [-0.1, -0.05) is 11.6 Å². The van der Waals surface area contributed by atoms with Crippen LogP contribution in [0.15, 0.2) is 41.5 Å². The molecule has 0 saturated heterocycles. The summed E-state index contributed by atoms with van der Waals surface area (Å²) in [6, 6.07) is 4.24. The molecule has 3 aromatic heterocycles. The molecule has 0 amide bonds. The zero-order chi connectivity index (χ0) is 20.6. The highest BCUT2D eigenvalue weighted by Gasteiger charge is 2.35. The molecule has 28 heavy (non-hydrogen) atoms. The Morgan fingerprint density at radius 2 is 1.82 bits per heavy atom. The third kappa shape index (κ3) is 3.86. The Bertz CT molecular complexity index is 1120. The van der Waals surface area contributed by atoms with E-state index < -0.39 is 28.9 Å². The standard InChI is InChI=1S/C18H14ClF2N3O4/c1-9-7-22-15(19)6-14(9)24-10(2)3-12(5-16(24)25)28-18(26,27)17-13(21)4-11(20)8-23-17/h3-8,26-27H,1-2H3. The van der Waals surface area contributed by atoms with Crippen LogP contribution < -0.4 is 10.3 Å². The summed E-state index contributed by atoms with van der Waals surface area (Å²) in [6.45, 7) is 3.32. The largest absolute Gasteiger partial charge is 0.434 e. The first-order chi connectivity index (χ1) is 13.1. The van der Waals surface area contributed by atoms with Crippen LogP contribution in [0.2, 0.25) is 5.15 Å². The molecule has 0 unspecified atom stereocenters. The Balaban J connectivity index is 2.01. The molecule has 3 rings (SSSR count). The van der Waals surface area contributed by atoms with Crippen LogP contribution in [0.3, 0.4) is 0 Å². The predicted octanol–water partition coefficient (Wildman–Crippen LogP) is 2.35. The van der Waals surface area contributed by atoms with E-state index in [1.54, 1.807) is 13.8 Å². The second-order valence-electron chi connectivity index (χ2n) is 5.99. The molecule has 0 aliphatic heterocycles. The number of aryl methyl sites for hydroxylation is 2. The molecule has 0 spiro atoms. The molecular weight excluding hydrogens is 396 g/mol. The van der Waals surface area contributed by atoms with Crippen LogP contribution in [-0.2, 0) is 5.97 Å². The van der Waals surface area contributed by atoms with Gasteiger partial charge < -0.3 is 14.9 Å². The lowest BCUT2D eigenvalue weighted by atomic mass is 10.2. The molecule has 0 aromatic carbocycles. The summed E-state index contributed by atoms with van der Waals surface area (Å²) in [7, 11) is 0. The van der Waals surface area contributed by atoms with Crippen LogP contribution in [-0.4, -0.2) is 24.7 Å². The molecule has 0 atom stereocenters. The van der Waals surface area contributed by atoms with Gasteiger partial charge in [0.1, 0.15) is 16.7 Å². The van der Waals surface area contributed by atoms with Gasteiger partial charge in [0.15, 0.2) is 11.5 Å². The lowest BCUT2D eigenvalue weighted by Gasteiger charge is -2.23. The number of ether oxygens (including phenoxy) is 1. The van der Waals surface area contributed by atoms with E-state index in [2.05, 4.69) is 9.97 Å². The number of aromatic nitrogens is 3. The van der Waals surface area contributed by atoms with E-state index in [-0.39, 0.29) is 10.9 Å². The molecular formula is C18H14ClF2N3O4. The van der Waals surface area contributed by atoms with Crippen molar-refractivity contribution < 1.29 is 23.7 Å². The fourth-order valence-electron chi connectivity index (χ4n) is 2.64. The fourth-order valence-corrected chi connectivity index (χ4v) is 2.79. The summed E-state index contributed by atoms with van der Waals surface area (Å²) >= 11 is 5.90. The summed E-state index contributed by atoms with van der Waals surface area (Å²) < 4.78 is 33.0. The lowest BCUT2D eigenvalue weighted by molar-refractivity contribution is -0.308. The van der Waals surface area contributed by atoms with Crippen molar-refractivity contribution in [1.29, 1.82) is 0 Å². The third-order valence-electron chi connectivity index (χ3n) is 3.85. The van der Waals surface area contributed by atoms with Gasteiger partial charge in [-0.15, -0.1) is 0 Å². The van der Waals surface area contributed by atoms with E-state index in [1.165, 1.54) is 22.9 Å². The first kappa shape index (κ1) is 19.9. The normalized spacial score (nSPS) is 11.5. The number of rotatable bonds is 4. The number of nitrogens with zero attached hydrogens (tertiary/aromatic N) is 3. The summed E-state index contributed by atoms with van der Waals surface area (Å²) in [5.74, 6) is -5.80. The fraction of sp³-hybridized carbons (Fsp3) is 0.167. The lowest BCUT2D eigenvalue weighted by Crippen LogP contribution is -2.35. The maximum Gasteiger partial charge on any atom is 0.372 e. The van der Waals surface area contributed by atoms with Gasteiger partial charge >= 0.3 is 5.97 Å². The molecule has 10 heteroatoms. The second-order valence-corrected chi connectivity index (χ2v) is 6.38. The Morgan fingerprint density at radius 3 is 2.46 bits per heavy atom. The van der Waals surface area contributed by atoms with Crippen molar-refractivity contribution >= 4 is 11.6 Å². The molecule has 2 N–H and O–H groups in total. The number of hydrogen-bond donors (Lipinski definition) is 2. The van der Waals surface area contributed by atoms with E-state index >= 15 is 0 Å². The van der Waals surface area contributed by atoms with Gasteiger partial charge in [0.05, 0.1) is 11.9 Å². The smallest absolute Gasteiger partial charge is 0.372 e. The minimum absolute atomic E-state index is 0.190. The third-order valence-corrected chi connectivity index (χ3v) is 4.06. The van der Waals surface area contributed by atoms with E-state index in [1.807, 2.05) is 0 Å². The molecule has 3 heterocycles. The zero-order valence-electron chi connectivity index (χ0n) is 14.7. The van der Waals surface area contributed by atoms with Gasteiger partial charge in [0.2, 0.25) is 0 Å². The molecule has 0 aliphatic carbocycles. The zero-order valence-corrected chi connectivity index (χ0v) is 15.4. The monoisotopic (exact) mass is 409 g/mol. The van der Waals surface area contributed by atoms with Gasteiger partial charge in [-0.05, 0) is 25.5 Å². The molecule has 0 aliphatic rings. The topological polar surface area (TPSA) is 97.5 Å². The highest BCUT2D eigenvalue weighted by molar-refractivity contribution is 6.29. The van der Waals surface area contributed by atoms with Crippen LogP contribution >= 0.6 is 11.6 Å². The molecule has 0 bridgehead atoms.